The molecule has 142 valence electrons. The maximum Gasteiger partial charge on any atom is 0.311 e. The minimum atomic E-state index is -3.83. The number of rotatable bonds is 4. The molecule has 3 rings (SSSR count). The molecule has 2 aromatic rings. The number of sulfonamides is 1. The summed E-state index contributed by atoms with van der Waals surface area (Å²) in [5, 5.41) is 5.13. The molecule has 2 aromatic carbocycles. The number of primary sulfonamides is 1. The van der Waals surface area contributed by atoms with E-state index in [0.29, 0.717) is 5.69 Å². The van der Waals surface area contributed by atoms with Gasteiger partial charge in [0.1, 0.15) is 0 Å². The number of aryl methyl sites for hydroxylation is 1. The Balaban J connectivity index is 2.06. The van der Waals surface area contributed by atoms with Crippen molar-refractivity contribution in [2.45, 2.75) is 24.3 Å². The lowest BCUT2D eigenvalue weighted by atomic mass is 9.93. The number of methoxy groups -OCH3 is 1. The molecule has 0 spiro atoms. The van der Waals surface area contributed by atoms with E-state index in [4.69, 9.17) is 9.88 Å². The number of benzene rings is 2. The van der Waals surface area contributed by atoms with Gasteiger partial charge in [0.15, 0.2) is 0 Å². The minimum absolute atomic E-state index is 0.0160. The maximum absolute atomic E-state index is 12.7. The van der Waals surface area contributed by atoms with Gasteiger partial charge in [-0.05, 0) is 36.8 Å². The summed E-state index contributed by atoms with van der Waals surface area (Å²) in [7, 11) is -2.54. The third-order valence-electron chi connectivity index (χ3n) is 4.69. The molecule has 2 N–H and O–H groups in total. The minimum Gasteiger partial charge on any atom is -0.469 e. The summed E-state index contributed by atoms with van der Waals surface area (Å²) in [6.07, 6.45) is 0.0160. The van der Waals surface area contributed by atoms with E-state index in [-0.39, 0.29) is 17.2 Å². The molecule has 1 amide bonds. The van der Waals surface area contributed by atoms with Crippen molar-refractivity contribution in [2.75, 3.05) is 12.0 Å². The Morgan fingerprint density at radius 3 is 2.22 bits per heavy atom. The van der Waals surface area contributed by atoms with Gasteiger partial charge in [0.25, 0.3) is 0 Å². The van der Waals surface area contributed by atoms with E-state index < -0.39 is 28.0 Å². The van der Waals surface area contributed by atoms with E-state index in [1.165, 1.54) is 36.3 Å². The van der Waals surface area contributed by atoms with Crippen molar-refractivity contribution < 1.29 is 22.7 Å². The molecular formula is C19H20N2O5S. The Morgan fingerprint density at radius 2 is 1.70 bits per heavy atom. The van der Waals surface area contributed by atoms with Crippen molar-refractivity contribution >= 4 is 27.6 Å². The second-order valence-corrected chi connectivity index (χ2v) is 8.05. The van der Waals surface area contributed by atoms with E-state index in [1.807, 2.05) is 31.2 Å². The fraction of sp³-hybridized carbons (Fsp3) is 0.263. The lowest BCUT2D eigenvalue weighted by Gasteiger charge is -2.28. The summed E-state index contributed by atoms with van der Waals surface area (Å²) < 4.78 is 27.8. The first-order chi connectivity index (χ1) is 12.7. The van der Waals surface area contributed by atoms with Gasteiger partial charge in [-0.25, -0.2) is 13.6 Å². The second-order valence-electron chi connectivity index (χ2n) is 6.49. The van der Waals surface area contributed by atoms with Gasteiger partial charge in [0, 0.05) is 12.1 Å². The van der Waals surface area contributed by atoms with Crippen LogP contribution < -0.4 is 10.0 Å². The molecule has 0 aromatic heterocycles. The summed E-state index contributed by atoms with van der Waals surface area (Å²) in [4.78, 5) is 26.5. The smallest absolute Gasteiger partial charge is 0.311 e. The van der Waals surface area contributed by atoms with Crippen LogP contribution in [0, 0.1) is 12.8 Å². The molecule has 1 fully saturated rings. The van der Waals surface area contributed by atoms with Crippen LogP contribution in [-0.2, 0) is 24.3 Å². The highest BCUT2D eigenvalue weighted by Crippen LogP contribution is 2.42. The van der Waals surface area contributed by atoms with Crippen molar-refractivity contribution in [2.24, 2.45) is 11.1 Å². The third-order valence-corrected chi connectivity index (χ3v) is 5.62. The molecule has 0 radical (unpaired) electrons. The van der Waals surface area contributed by atoms with Crippen LogP contribution in [0.15, 0.2) is 53.4 Å². The van der Waals surface area contributed by atoms with E-state index in [0.717, 1.165) is 11.1 Å². The molecule has 1 aliphatic heterocycles. The molecule has 27 heavy (non-hydrogen) atoms. The number of anilines is 1. The number of hydrogen-bond acceptors (Lipinski definition) is 5. The van der Waals surface area contributed by atoms with Gasteiger partial charge in [-0.15, -0.1) is 0 Å². The van der Waals surface area contributed by atoms with Gasteiger partial charge in [-0.1, -0.05) is 29.8 Å². The first-order valence-electron chi connectivity index (χ1n) is 8.31. The second kappa shape index (κ2) is 7.13. The molecule has 7 nitrogen and oxygen atoms in total. The van der Waals surface area contributed by atoms with Crippen LogP contribution in [0.1, 0.15) is 23.6 Å². The quantitative estimate of drug-likeness (QED) is 0.805. The zero-order valence-electron chi connectivity index (χ0n) is 15.0. The monoisotopic (exact) mass is 388 g/mol. The number of nitrogens with two attached hydrogens (primary N) is 1. The summed E-state index contributed by atoms with van der Waals surface area (Å²) in [6, 6.07) is 12.7. The van der Waals surface area contributed by atoms with Crippen molar-refractivity contribution in [3.8, 4) is 0 Å². The zero-order chi connectivity index (χ0) is 19.8. The zero-order valence-corrected chi connectivity index (χ0v) is 15.8. The molecule has 0 aliphatic carbocycles. The Bertz CT molecular complexity index is 968. The van der Waals surface area contributed by atoms with Gasteiger partial charge in [0.2, 0.25) is 15.9 Å². The van der Waals surface area contributed by atoms with Crippen LogP contribution in [0.2, 0.25) is 0 Å². The predicted molar refractivity (Wildman–Crippen MR) is 99.3 cm³/mol. The topological polar surface area (TPSA) is 107 Å². The van der Waals surface area contributed by atoms with Crippen LogP contribution in [0.3, 0.4) is 0 Å². The first-order valence-corrected chi connectivity index (χ1v) is 9.86. The lowest BCUT2D eigenvalue weighted by Crippen LogP contribution is -2.31. The van der Waals surface area contributed by atoms with Crippen LogP contribution in [0.5, 0.6) is 0 Å². The molecule has 0 unspecified atom stereocenters. The van der Waals surface area contributed by atoms with Crippen molar-refractivity contribution in [3.05, 3.63) is 59.7 Å². The van der Waals surface area contributed by atoms with Crippen molar-refractivity contribution in [3.63, 3.8) is 0 Å². The Morgan fingerprint density at radius 1 is 1.11 bits per heavy atom. The van der Waals surface area contributed by atoms with Crippen LogP contribution >= 0.6 is 0 Å². The maximum atomic E-state index is 12.7. The number of nitrogens with zero attached hydrogens (tertiary/aromatic N) is 1. The molecule has 1 saturated heterocycles. The lowest BCUT2D eigenvalue weighted by molar-refractivity contribution is -0.146. The molecular weight excluding hydrogens is 368 g/mol. The van der Waals surface area contributed by atoms with E-state index >= 15 is 0 Å². The van der Waals surface area contributed by atoms with Crippen LogP contribution in [0.25, 0.3) is 0 Å². The number of carbonyl (C=O) groups is 2. The van der Waals surface area contributed by atoms with Gasteiger partial charge in [-0.2, -0.15) is 0 Å². The summed E-state index contributed by atoms with van der Waals surface area (Å²) in [5.74, 6) is -1.35. The molecule has 2 atom stereocenters. The summed E-state index contributed by atoms with van der Waals surface area (Å²) >= 11 is 0. The predicted octanol–water partition coefficient (Wildman–Crippen LogP) is 1.91. The largest absolute Gasteiger partial charge is 0.469 e. The Labute approximate surface area is 157 Å². The molecule has 8 heteroatoms. The van der Waals surface area contributed by atoms with Gasteiger partial charge >= 0.3 is 5.97 Å². The average molecular weight is 388 g/mol. The van der Waals surface area contributed by atoms with Crippen molar-refractivity contribution in [1.29, 1.82) is 0 Å². The molecule has 1 aliphatic rings. The number of ether oxygens (including phenoxy) is 1. The standard InChI is InChI=1S/C19H20N2O5S/c1-12-3-5-13(6-4-12)18-16(19(23)26-2)11-17(22)21(18)14-7-9-15(10-8-14)27(20,24)25/h3-10,16,18H,11H2,1-2H3,(H2,20,24,25)/t16-,18+/m1/s1. The average Bonchev–Trinajstić information content (AvgIpc) is 2.98. The molecule has 0 saturated carbocycles. The summed E-state index contributed by atoms with van der Waals surface area (Å²) in [6.45, 7) is 1.95. The van der Waals surface area contributed by atoms with E-state index in [1.54, 1.807) is 0 Å². The van der Waals surface area contributed by atoms with Gasteiger partial charge < -0.3 is 9.64 Å². The number of esters is 1. The highest BCUT2D eigenvalue weighted by atomic mass is 32.2. The number of carbonyl (C=O) groups excluding carboxylic acids is 2. The SMILES string of the molecule is COC(=O)[C@@H]1CC(=O)N(c2ccc(S(N)(=O)=O)cc2)[C@H]1c1ccc(C)cc1. The van der Waals surface area contributed by atoms with Gasteiger partial charge in [-0.3, -0.25) is 9.59 Å². The highest BCUT2D eigenvalue weighted by molar-refractivity contribution is 7.89. The Kier molecular flexibility index (Phi) is 5.03. The van der Waals surface area contributed by atoms with E-state index in [9.17, 15) is 18.0 Å². The van der Waals surface area contributed by atoms with Crippen LogP contribution in [-0.4, -0.2) is 27.4 Å². The fourth-order valence-corrected chi connectivity index (χ4v) is 3.86. The highest BCUT2D eigenvalue weighted by Gasteiger charge is 2.45. The molecule has 0 bridgehead atoms. The number of hydrogen-bond donors (Lipinski definition) is 1. The van der Waals surface area contributed by atoms with Gasteiger partial charge in [0.05, 0.1) is 24.0 Å². The third kappa shape index (κ3) is 3.72. The fourth-order valence-electron chi connectivity index (χ4n) is 3.34. The normalized spacial score (nSPS) is 20.0. The number of amides is 1. The summed E-state index contributed by atoms with van der Waals surface area (Å²) in [5.41, 5.74) is 2.35. The first kappa shape index (κ1) is 19.1. The Hall–Kier alpha value is -2.71. The van der Waals surface area contributed by atoms with Crippen molar-refractivity contribution in [1.82, 2.24) is 0 Å². The molecule has 1 heterocycles. The van der Waals surface area contributed by atoms with E-state index in [2.05, 4.69) is 0 Å². The van der Waals surface area contributed by atoms with Crippen LogP contribution in [0.4, 0.5) is 5.69 Å².